The third-order valence-corrected chi connectivity index (χ3v) is 4.16. The highest BCUT2D eigenvalue weighted by Crippen LogP contribution is 2.39. The van der Waals surface area contributed by atoms with Crippen molar-refractivity contribution in [3.8, 4) is 0 Å². The third-order valence-electron chi connectivity index (χ3n) is 4.16. The van der Waals surface area contributed by atoms with Gasteiger partial charge in [-0.2, -0.15) is 0 Å². The van der Waals surface area contributed by atoms with Crippen LogP contribution < -0.4 is 10.7 Å². The molecule has 0 amide bonds. The quantitative estimate of drug-likeness (QED) is 0.740. The van der Waals surface area contributed by atoms with Gasteiger partial charge in [0.15, 0.2) is 0 Å². The zero-order valence-corrected chi connectivity index (χ0v) is 10.2. The molecule has 0 radical (unpaired) electrons. The molecular weight excluding hydrogens is 212 g/mol. The lowest BCUT2D eigenvalue weighted by Crippen LogP contribution is -2.45. The van der Waals surface area contributed by atoms with E-state index in [1.54, 1.807) is 0 Å². The number of hydrazine groups is 1. The van der Waals surface area contributed by atoms with Crippen LogP contribution in [0.2, 0.25) is 0 Å². The Hall–Kier alpha value is -1.13. The summed E-state index contributed by atoms with van der Waals surface area (Å²) in [6, 6.07) is 4.21. The van der Waals surface area contributed by atoms with Crippen LogP contribution in [-0.2, 0) is 0 Å². The van der Waals surface area contributed by atoms with Gasteiger partial charge in [0.25, 0.3) is 0 Å². The Morgan fingerprint density at radius 2 is 1.94 bits per heavy atom. The van der Waals surface area contributed by atoms with Crippen LogP contribution in [0.25, 0.3) is 0 Å². The van der Waals surface area contributed by atoms with Crippen molar-refractivity contribution in [2.24, 2.45) is 11.3 Å². The minimum atomic E-state index is 0.427. The fraction of sp³-hybridized carbons (Fsp3) is 0.615. The summed E-state index contributed by atoms with van der Waals surface area (Å²) in [7, 11) is 0. The zero-order valence-electron chi connectivity index (χ0n) is 10.2. The molecule has 2 aliphatic heterocycles. The lowest BCUT2D eigenvalue weighted by Gasteiger charge is -2.41. The zero-order chi connectivity index (χ0) is 11.7. The van der Waals surface area contributed by atoms with Crippen molar-refractivity contribution in [3.63, 3.8) is 0 Å². The van der Waals surface area contributed by atoms with Crippen molar-refractivity contribution in [2.45, 2.75) is 19.3 Å². The van der Waals surface area contributed by atoms with Gasteiger partial charge < -0.3 is 4.90 Å². The van der Waals surface area contributed by atoms with Crippen LogP contribution in [0.1, 0.15) is 19.3 Å². The van der Waals surface area contributed by atoms with Gasteiger partial charge in [-0.3, -0.25) is 10.8 Å². The Morgan fingerprint density at radius 3 is 2.65 bits per heavy atom. The van der Waals surface area contributed by atoms with Crippen LogP contribution in [0.5, 0.6) is 0 Å². The van der Waals surface area contributed by atoms with Crippen LogP contribution in [0.3, 0.4) is 0 Å². The highest BCUT2D eigenvalue weighted by molar-refractivity contribution is 5.45. The van der Waals surface area contributed by atoms with Crippen molar-refractivity contribution in [2.75, 3.05) is 31.1 Å². The summed E-state index contributed by atoms with van der Waals surface area (Å²) < 4.78 is 0. The van der Waals surface area contributed by atoms with E-state index >= 15 is 0 Å². The molecule has 4 nitrogen and oxygen atoms in total. The number of nitrogens with zero attached hydrogens (tertiary/aromatic N) is 3. The van der Waals surface area contributed by atoms with E-state index in [2.05, 4.69) is 22.0 Å². The van der Waals surface area contributed by atoms with Gasteiger partial charge in [0, 0.05) is 49.7 Å². The highest BCUT2D eigenvalue weighted by Gasteiger charge is 2.40. The molecule has 2 saturated heterocycles. The molecule has 3 heterocycles. The number of anilines is 1. The minimum absolute atomic E-state index is 0.427. The monoisotopic (exact) mass is 232 g/mol. The highest BCUT2D eigenvalue weighted by atomic mass is 15.4. The van der Waals surface area contributed by atoms with Crippen molar-refractivity contribution in [1.82, 2.24) is 9.99 Å². The Balaban J connectivity index is 1.76. The van der Waals surface area contributed by atoms with E-state index in [1.807, 2.05) is 17.4 Å². The minimum Gasteiger partial charge on any atom is -0.371 e. The van der Waals surface area contributed by atoms with Gasteiger partial charge in [0.1, 0.15) is 0 Å². The standard InChI is InChI=1S/C13H20N4/c14-17-9-5-13(11-17)4-1-8-16(10-13)12-2-6-15-7-3-12/h2-3,6-7H,1,4-5,8-11,14H2. The van der Waals surface area contributed by atoms with Crippen molar-refractivity contribution < 1.29 is 0 Å². The lowest BCUT2D eigenvalue weighted by molar-refractivity contribution is 0.222. The van der Waals surface area contributed by atoms with Crippen LogP contribution in [-0.4, -0.2) is 36.2 Å². The molecule has 0 saturated carbocycles. The summed E-state index contributed by atoms with van der Waals surface area (Å²) >= 11 is 0. The van der Waals surface area contributed by atoms with Gasteiger partial charge in [0.05, 0.1) is 0 Å². The lowest BCUT2D eigenvalue weighted by atomic mass is 9.79. The Bertz CT molecular complexity index is 376. The first-order valence-electron chi connectivity index (χ1n) is 6.42. The molecule has 2 aliphatic rings. The van der Waals surface area contributed by atoms with E-state index < -0.39 is 0 Å². The summed E-state index contributed by atoms with van der Waals surface area (Å²) in [6.45, 7) is 4.40. The van der Waals surface area contributed by atoms with E-state index in [4.69, 9.17) is 5.84 Å². The van der Waals surface area contributed by atoms with Gasteiger partial charge in [-0.05, 0) is 31.4 Å². The molecule has 0 aliphatic carbocycles. The first-order valence-corrected chi connectivity index (χ1v) is 6.42. The molecule has 1 unspecified atom stereocenters. The predicted molar refractivity (Wildman–Crippen MR) is 68.5 cm³/mol. The van der Waals surface area contributed by atoms with Gasteiger partial charge in [-0.1, -0.05) is 0 Å². The maximum atomic E-state index is 5.93. The Labute approximate surface area is 102 Å². The molecule has 2 N–H and O–H groups in total. The maximum absolute atomic E-state index is 5.93. The second kappa shape index (κ2) is 4.27. The number of rotatable bonds is 1. The first-order chi connectivity index (χ1) is 8.27. The molecule has 2 fully saturated rings. The van der Waals surface area contributed by atoms with Gasteiger partial charge >= 0.3 is 0 Å². The molecule has 4 heteroatoms. The van der Waals surface area contributed by atoms with E-state index in [0.29, 0.717) is 5.41 Å². The molecule has 0 bridgehead atoms. The molecule has 3 rings (SSSR count). The van der Waals surface area contributed by atoms with Gasteiger partial charge in [0.2, 0.25) is 0 Å². The van der Waals surface area contributed by atoms with E-state index in [-0.39, 0.29) is 0 Å². The van der Waals surface area contributed by atoms with Crippen LogP contribution in [0, 0.1) is 5.41 Å². The summed E-state index contributed by atoms with van der Waals surface area (Å²) in [5.41, 5.74) is 1.73. The first kappa shape index (κ1) is 11.0. The molecule has 1 aromatic rings. The third kappa shape index (κ3) is 2.15. The average molecular weight is 232 g/mol. The molecule has 0 aromatic carbocycles. The Kier molecular flexibility index (Phi) is 2.76. The van der Waals surface area contributed by atoms with E-state index in [1.165, 1.54) is 24.9 Å². The summed E-state index contributed by atoms with van der Waals surface area (Å²) in [6.07, 6.45) is 7.59. The molecule has 92 valence electrons. The average Bonchev–Trinajstić information content (AvgIpc) is 2.71. The van der Waals surface area contributed by atoms with Crippen molar-refractivity contribution in [1.29, 1.82) is 0 Å². The van der Waals surface area contributed by atoms with Crippen molar-refractivity contribution in [3.05, 3.63) is 24.5 Å². The molecule has 1 atom stereocenters. The summed E-state index contributed by atoms with van der Waals surface area (Å²) in [5.74, 6) is 5.93. The number of hydrogen-bond acceptors (Lipinski definition) is 4. The summed E-state index contributed by atoms with van der Waals surface area (Å²) in [5, 5.41) is 1.98. The topological polar surface area (TPSA) is 45.4 Å². The second-order valence-electron chi connectivity index (χ2n) is 5.45. The number of nitrogens with two attached hydrogens (primary N) is 1. The second-order valence-corrected chi connectivity index (χ2v) is 5.45. The fourth-order valence-electron chi connectivity index (χ4n) is 3.29. The number of hydrogen-bond donors (Lipinski definition) is 1. The number of pyridine rings is 1. The number of aromatic nitrogens is 1. The Morgan fingerprint density at radius 1 is 1.12 bits per heavy atom. The van der Waals surface area contributed by atoms with Crippen LogP contribution >= 0.6 is 0 Å². The normalized spacial score (nSPS) is 30.1. The smallest absolute Gasteiger partial charge is 0.0397 e. The van der Waals surface area contributed by atoms with Crippen molar-refractivity contribution >= 4 is 5.69 Å². The van der Waals surface area contributed by atoms with Gasteiger partial charge in [-0.15, -0.1) is 0 Å². The van der Waals surface area contributed by atoms with E-state index in [0.717, 1.165) is 26.2 Å². The SMILES string of the molecule is NN1CCC2(CCCN(c3ccncc3)C2)C1. The predicted octanol–water partition coefficient (Wildman–Crippen LogP) is 1.25. The van der Waals surface area contributed by atoms with Crippen LogP contribution in [0.15, 0.2) is 24.5 Å². The molecule has 17 heavy (non-hydrogen) atoms. The van der Waals surface area contributed by atoms with E-state index in [9.17, 15) is 0 Å². The maximum Gasteiger partial charge on any atom is 0.0397 e. The molecule has 1 spiro atoms. The molecular formula is C13H20N4. The fourth-order valence-corrected chi connectivity index (χ4v) is 3.29. The summed E-state index contributed by atoms with van der Waals surface area (Å²) in [4.78, 5) is 6.58. The van der Waals surface area contributed by atoms with Gasteiger partial charge in [-0.25, -0.2) is 5.01 Å². The van der Waals surface area contributed by atoms with Crippen LogP contribution in [0.4, 0.5) is 5.69 Å². The largest absolute Gasteiger partial charge is 0.371 e. The number of piperidine rings is 1. The molecule has 1 aromatic heterocycles.